The molecular formula is C24H47NO2. The summed E-state index contributed by atoms with van der Waals surface area (Å²) in [7, 11) is 0. The fourth-order valence-electron chi connectivity index (χ4n) is 4.00. The first-order chi connectivity index (χ1) is 12.6. The van der Waals surface area contributed by atoms with Gasteiger partial charge in [0.2, 0.25) is 0 Å². The second-order valence-electron chi connectivity index (χ2n) is 9.93. The SMILES string of the molecule is CC(C)=CCCC(C)CCOC1(C)CC1(C)CCCC(C)CCO[C@@H](C)N. The van der Waals surface area contributed by atoms with Crippen molar-refractivity contribution in [1.29, 1.82) is 0 Å². The molecule has 0 aliphatic heterocycles. The van der Waals surface area contributed by atoms with Gasteiger partial charge < -0.3 is 15.2 Å². The molecule has 3 heteroatoms. The predicted octanol–water partition coefficient (Wildman–Crippen LogP) is 6.46. The van der Waals surface area contributed by atoms with E-state index in [2.05, 4.69) is 47.6 Å². The number of hydrogen-bond acceptors (Lipinski definition) is 3. The molecule has 0 bridgehead atoms. The van der Waals surface area contributed by atoms with Gasteiger partial charge in [-0.1, -0.05) is 45.3 Å². The minimum atomic E-state index is -0.143. The van der Waals surface area contributed by atoms with Gasteiger partial charge >= 0.3 is 0 Å². The summed E-state index contributed by atoms with van der Waals surface area (Å²) >= 11 is 0. The van der Waals surface area contributed by atoms with Crippen molar-refractivity contribution in [2.45, 2.75) is 112 Å². The molecule has 4 unspecified atom stereocenters. The highest BCUT2D eigenvalue weighted by Gasteiger charge is 2.61. The average molecular weight is 382 g/mol. The summed E-state index contributed by atoms with van der Waals surface area (Å²) < 4.78 is 11.8. The molecule has 5 atom stereocenters. The minimum absolute atomic E-state index is 0.105. The van der Waals surface area contributed by atoms with Gasteiger partial charge in [0.15, 0.2) is 0 Å². The van der Waals surface area contributed by atoms with Crippen molar-refractivity contribution in [3.05, 3.63) is 11.6 Å². The Morgan fingerprint density at radius 1 is 1.00 bits per heavy atom. The molecule has 0 radical (unpaired) electrons. The molecule has 0 amide bonds. The van der Waals surface area contributed by atoms with E-state index in [4.69, 9.17) is 15.2 Å². The highest BCUT2D eigenvalue weighted by atomic mass is 16.5. The second kappa shape index (κ2) is 11.6. The Labute approximate surface area is 169 Å². The topological polar surface area (TPSA) is 44.5 Å². The molecule has 0 aromatic heterocycles. The average Bonchev–Trinajstić information content (AvgIpc) is 3.07. The van der Waals surface area contributed by atoms with E-state index in [0.29, 0.717) is 11.3 Å². The fraction of sp³-hybridized carbons (Fsp3) is 0.917. The van der Waals surface area contributed by atoms with Crippen molar-refractivity contribution in [1.82, 2.24) is 0 Å². The zero-order chi connectivity index (χ0) is 20.5. The highest BCUT2D eigenvalue weighted by Crippen LogP contribution is 2.61. The van der Waals surface area contributed by atoms with E-state index in [9.17, 15) is 0 Å². The molecule has 0 heterocycles. The maximum absolute atomic E-state index is 6.35. The largest absolute Gasteiger partial charge is 0.375 e. The van der Waals surface area contributed by atoms with Gasteiger partial charge in [-0.25, -0.2) is 0 Å². The summed E-state index contributed by atoms with van der Waals surface area (Å²) in [4.78, 5) is 0. The van der Waals surface area contributed by atoms with Crippen molar-refractivity contribution in [2.75, 3.05) is 13.2 Å². The van der Waals surface area contributed by atoms with Gasteiger partial charge in [-0.15, -0.1) is 0 Å². The number of hydrogen-bond donors (Lipinski definition) is 1. The highest BCUT2D eigenvalue weighted by molar-refractivity contribution is 5.12. The Morgan fingerprint density at radius 3 is 2.26 bits per heavy atom. The van der Waals surface area contributed by atoms with Crippen molar-refractivity contribution in [2.24, 2.45) is 23.0 Å². The van der Waals surface area contributed by atoms with E-state index in [1.807, 2.05) is 6.92 Å². The maximum Gasteiger partial charge on any atom is 0.102 e. The van der Waals surface area contributed by atoms with Crippen LogP contribution in [0.15, 0.2) is 11.6 Å². The Bertz CT molecular complexity index is 444. The Kier molecular flexibility index (Phi) is 10.6. The van der Waals surface area contributed by atoms with Gasteiger partial charge in [0.1, 0.15) is 6.23 Å². The lowest BCUT2D eigenvalue weighted by Crippen LogP contribution is -2.21. The van der Waals surface area contributed by atoms with Gasteiger partial charge in [0.25, 0.3) is 0 Å². The van der Waals surface area contributed by atoms with Gasteiger partial charge in [0, 0.05) is 13.2 Å². The first-order valence-corrected chi connectivity index (χ1v) is 11.2. The zero-order valence-corrected chi connectivity index (χ0v) is 19.3. The van der Waals surface area contributed by atoms with Crippen molar-refractivity contribution in [3.8, 4) is 0 Å². The van der Waals surface area contributed by atoms with Crippen LogP contribution in [0, 0.1) is 17.3 Å². The van der Waals surface area contributed by atoms with Crippen molar-refractivity contribution < 1.29 is 9.47 Å². The van der Waals surface area contributed by atoms with Crippen LogP contribution in [0.4, 0.5) is 0 Å². The summed E-state index contributed by atoms with van der Waals surface area (Å²) in [6.45, 7) is 17.4. The van der Waals surface area contributed by atoms with Gasteiger partial charge in [0.05, 0.1) is 5.60 Å². The third-order valence-corrected chi connectivity index (χ3v) is 6.54. The fourth-order valence-corrected chi connectivity index (χ4v) is 4.00. The number of ether oxygens (including phenoxy) is 2. The van der Waals surface area contributed by atoms with E-state index < -0.39 is 0 Å². The summed E-state index contributed by atoms with van der Waals surface area (Å²) in [6.07, 6.45) is 12.0. The lowest BCUT2D eigenvalue weighted by molar-refractivity contribution is 0.00790. The predicted molar refractivity (Wildman–Crippen MR) is 117 cm³/mol. The molecule has 1 aliphatic carbocycles. The summed E-state index contributed by atoms with van der Waals surface area (Å²) in [5, 5.41) is 0. The minimum Gasteiger partial charge on any atom is -0.375 e. The summed E-state index contributed by atoms with van der Waals surface area (Å²) in [5.74, 6) is 1.45. The number of allylic oxidation sites excluding steroid dienone is 2. The monoisotopic (exact) mass is 381 g/mol. The molecule has 1 aliphatic rings. The molecule has 1 rings (SSSR count). The van der Waals surface area contributed by atoms with E-state index in [-0.39, 0.29) is 11.8 Å². The molecule has 1 saturated carbocycles. The van der Waals surface area contributed by atoms with Crippen LogP contribution in [0.1, 0.15) is 99.8 Å². The number of rotatable bonds is 15. The molecule has 0 saturated heterocycles. The lowest BCUT2D eigenvalue weighted by Gasteiger charge is -2.21. The molecule has 160 valence electrons. The first-order valence-electron chi connectivity index (χ1n) is 11.2. The smallest absolute Gasteiger partial charge is 0.102 e. The van der Waals surface area contributed by atoms with Crippen molar-refractivity contribution in [3.63, 3.8) is 0 Å². The van der Waals surface area contributed by atoms with E-state index in [1.165, 1.54) is 50.5 Å². The Balaban J connectivity index is 2.15. The van der Waals surface area contributed by atoms with Crippen LogP contribution in [0.2, 0.25) is 0 Å². The quantitative estimate of drug-likeness (QED) is 0.261. The van der Waals surface area contributed by atoms with Crippen LogP contribution in [0.5, 0.6) is 0 Å². The van der Waals surface area contributed by atoms with Gasteiger partial charge in [-0.3, -0.25) is 0 Å². The molecule has 3 nitrogen and oxygen atoms in total. The van der Waals surface area contributed by atoms with Crippen LogP contribution < -0.4 is 5.73 Å². The molecule has 0 aromatic rings. The standard InChI is InChI=1S/C24H47NO2/c1-19(2)10-8-11-20(3)14-17-27-24(7)18-23(24,6)15-9-12-21(4)13-16-26-22(5)25/h10,20-22H,8-9,11-18,25H2,1-7H3/t20?,21?,22-,23?,24?/m0/s1. The molecule has 0 aromatic carbocycles. The van der Waals surface area contributed by atoms with Crippen molar-refractivity contribution >= 4 is 0 Å². The first kappa shape index (κ1) is 24.7. The Hall–Kier alpha value is -0.380. The maximum atomic E-state index is 6.35. The zero-order valence-electron chi connectivity index (χ0n) is 19.3. The summed E-state index contributed by atoms with van der Waals surface area (Å²) in [5.41, 5.74) is 7.54. The third-order valence-electron chi connectivity index (χ3n) is 6.54. The molecule has 27 heavy (non-hydrogen) atoms. The lowest BCUT2D eigenvalue weighted by atomic mass is 9.93. The third kappa shape index (κ3) is 9.58. The van der Waals surface area contributed by atoms with E-state index in [0.717, 1.165) is 25.6 Å². The van der Waals surface area contributed by atoms with E-state index in [1.54, 1.807) is 0 Å². The van der Waals surface area contributed by atoms with Crippen LogP contribution in [0.3, 0.4) is 0 Å². The molecular weight excluding hydrogens is 334 g/mol. The molecule has 2 N–H and O–H groups in total. The molecule has 1 fully saturated rings. The number of nitrogens with two attached hydrogens (primary N) is 1. The van der Waals surface area contributed by atoms with Crippen LogP contribution in [-0.4, -0.2) is 25.0 Å². The molecule has 0 spiro atoms. The van der Waals surface area contributed by atoms with Crippen LogP contribution in [-0.2, 0) is 9.47 Å². The van der Waals surface area contributed by atoms with Crippen LogP contribution in [0.25, 0.3) is 0 Å². The van der Waals surface area contributed by atoms with Gasteiger partial charge in [-0.2, -0.15) is 0 Å². The van der Waals surface area contributed by atoms with Gasteiger partial charge in [-0.05, 0) is 83.5 Å². The normalized spacial score (nSPS) is 27.9. The Morgan fingerprint density at radius 2 is 1.63 bits per heavy atom. The van der Waals surface area contributed by atoms with Crippen LogP contribution >= 0.6 is 0 Å². The van der Waals surface area contributed by atoms with E-state index >= 15 is 0 Å². The second-order valence-corrected chi connectivity index (χ2v) is 9.93. The summed E-state index contributed by atoms with van der Waals surface area (Å²) in [6, 6.07) is 0.